The van der Waals surface area contributed by atoms with Crippen LogP contribution in [0.2, 0.25) is 0 Å². The molecule has 7 nitrogen and oxygen atoms in total. The second-order valence-electron chi connectivity index (χ2n) is 3.80. The Hall–Kier alpha value is -1.92. The number of aromatic nitrogens is 3. The van der Waals surface area contributed by atoms with Gasteiger partial charge in [-0.1, -0.05) is 12.1 Å². The summed E-state index contributed by atoms with van der Waals surface area (Å²) in [5.41, 5.74) is 0.784. The number of carbonyl (C=O) groups is 2. The highest BCUT2D eigenvalue weighted by Crippen LogP contribution is 2.08. The molecule has 0 unspecified atom stereocenters. The zero-order valence-corrected chi connectivity index (χ0v) is 11.1. The lowest BCUT2D eigenvalue weighted by molar-refractivity contribution is -0.130. The van der Waals surface area contributed by atoms with E-state index >= 15 is 0 Å². The molecule has 0 bridgehead atoms. The van der Waals surface area contributed by atoms with Crippen molar-refractivity contribution >= 4 is 11.9 Å². The van der Waals surface area contributed by atoms with Crippen LogP contribution in [-0.2, 0) is 22.5 Å². The molecule has 0 fully saturated rings. The topological polar surface area (TPSA) is 77.3 Å². The Balaban J connectivity index is 2.94. The third-order valence-electron chi connectivity index (χ3n) is 2.74. The van der Waals surface area contributed by atoms with Gasteiger partial charge in [-0.3, -0.25) is 4.79 Å². The number of rotatable bonds is 5. The highest BCUT2D eigenvalue weighted by Gasteiger charge is 2.20. The molecule has 1 aromatic heterocycles. The molecule has 0 saturated heterocycles. The van der Waals surface area contributed by atoms with E-state index < -0.39 is 5.97 Å². The first-order valence-corrected chi connectivity index (χ1v) is 5.79. The summed E-state index contributed by atoms with van der Waals surface area (Å²) < 4.78 is 6.06. The van der Waals surface area contributed by atoms with Crippen LogP contribution in [0.3, 0.4) is 0 Å². The van der Waals surface area contributed by atoms with E-state index in [0.29, 0.717) is 18.7 Å². The highest BCUT2D eigenvalue weighted by molar-refractivity contribution is 5.88. The Labute approximate surface area is 106 Å². The van der Waals surface area contributed by atoms with Crippen molar-refractivity contribution in [3.05, 3.63) is 11.4 Å². The van der Waals surface area contributed by atoms with Crippen LogP contribution >= 0.6 is 0 Å². The van der Waals surface area contributed by atoms with Gasteiger partial charge in [0.15, 0.2) is 5.69 Å². The first-order chi connectivity index (χ1) is 8.54. The molecule has 0 saturated carbocycles. The Kier molecular flexibility index (Phi) is 4.82. The van der Waals surface area contributed by atoms with Gasteiger partial charge in [-0.05, 0) is 13.3 Å². The quantitative estimate of drug-likeness (QED) is 0.697. The van der Waals surface area contributed by atoms with Gasteiger partial charge in [-0.15, -0.1) is 5.10 Å². The van der Waals surface area contributed by atoms with Crippen LogP contribution in [0.15, 0.2) is 0 Å². The Morgan fingerprint density at radius 2 is 2.06 bits per heavy atom. The molecule has 1 heterocycles. The van der Waals surface area contributed by atoms with Crippen molar-refractivity contribution < 1.29 is 14.3 Å². The summed E-state index contributed by atoms with van der Waals surface area (Å²) in [6, 6.07) is 0. The van der Waals surface area contributed by atoms with Crippen molar-refractivity contribution in [2.24, 2.45) is 0 Å². The number of esters is 1. The van der Waals surface area contributed by atoms with Crippen LogP contribution in [0.25, 0.3) is 0 Å². The molecule has 18 heavy (non-hydrogen) atoms. The summed E-state index contributed by atoms with van der Waals surface area (Å²) in [6.45, 7) is 4.46. The molecule has 0 aliphatic rings. The van der Waals surface area contributed by atoms with Gasteiger partial charge in [-0.25, -0.2) is 9.48 Å². The van der Waals surface area contributed by atoms with Gasteiger partial charge in [0.1, 0.15) is 6.54 Å². The average Bonchev–Trinajstić information content (AvgIpc) is 2.79. The van der Waals surface area contributed by atoms with Crippen LogP contribution in [0.1, 0.15) is 30.0 Å². The van der Waals surface area contributed by atoms with Crippen LogP contribution in [0, 0.1) is 0 Å². The molecule has 7 heteroatoms. The molecule has 0 radical (unpaired) electrons. The number of nitrogens with zero attached hydrogens (tertiary/aromatic N) is 4. The van der Waals surface area contributed by atoms with Gasteiger partial charge < -0.3 is 9.64 Å². The molecule has 0 aliphatic heterocycles. The second kappa shape index (κ2) is 6.13. The minimum atomic E-state index is -0.533. The van der Waals surface area contributed by atoms with E-state index in [1.54, 1.807) is 11.9 Å². The maximum absolute atomic E-state index is 11.8. The number of carbonyl (C=O) groups excluding carboxylic acids is 2. The fourth-order valence-electron chi connectivity index (χ4n) is 1.49. The third kappa shape index (κ3) is 2.85. The number of hydrogen-bond donors (Lipinski definition) is 0. The Bertz CT molecular complexity index is 441. The number of amides is 1. The lowest BCUT2D eigenvalue weighted by atomic mass is 10.2. The molecule has 1 rings (SSSR count). The van der Waals surface area contributed by atoms with Gasteiger partial charge >= 0.3 is 5.97 Å². The molecule has 1 aromatic rings. The van der Waals surface area contributed by atoms with Crippen molar-refractivity contribution in [2.75, 3.05) is 20.7 Å². The molecule has 0 spiro atoms. The predicted octanol–water partition coefficient (Wildman–Crippen LogP) is 0.105. The number of methoxy groups -OCH3 is 1. The van der Waals surface area contributed by atoms with E-state index in [0.717, 1.165) is 0 Å². The molecule has 0 aliphatic carbocycles. The van der Waals surface area contributed by atoms with E-state index in [9.17, 15) is 9.59 Å². The van der Waals surface area contributed by atoms with Crippen LogP contribution in [0.5, 0.6) is 0 Å². The summed E-state index contributed by atoms with van der Waals surface area (Å²) in [5.74, 6) is -0.608. The number of likely N-dealkylation sites (N-methyl/N-ethyl adjacent to an activating group) is 1. The summed E-state index contributed by atoms with van der Waals surface area (Å²) >= 11 is 0. The Morgan fingerprint density at radius 1 is 1.39 bits per heavy atom. The zero-order chi connectivity index (χ0) is 13.7. The summed E-state index contributed by atoms with van der Waals surface area (Å²) in [7, 11) is 3.00. The van der Waals surface area contributed by atoms with Crippen molar-refractivity contribution in [1.29, 1.82) is 0 Å². The summed E-state index contributed by atoms with van der Waals surface area (Å²) in [4.78, 5) is 24.8. The van der Waals surface area contributed by atoms with Crippen molar-refractivity contribution in [2.45, 2.75) is 26.8 Å². The number of ether oxygens (including phenoxy) is 1. The van der Waals surface area contributed by atoms with Gasteiger partial charge in [0, 0.05) is 13.6 Å². The lowest BCUT2D eigenvalue weighted by Gasteiger charge is -2.14. The minimum Gasteiger partial charge on any atom is -0.464 e. The second-order valence-corrected chi connectivity index (χ2v) is 3.80. The zero-order valence-electron chi connectivity index (χ0n) is 11.1. The molecule has 100 valence electrons. The summed E-state index contributed by atoms with van der Waals surface area (Å²) in [5, 5.41) is 7.59. The largest absolute Gasteiger partial charge is 0.464 e. The van der Waals surface area contributed by atoms with Crippen LogP contribution < -0.4 is 0 Å². The van der Waals surface area contributed by atoms with E-state index in [4.69, 9.17) is 0 Å². The lowest BCUT2D eigenvalue weighted by Crippen LogP contribution is -2.30. The molecule has 1 amide bonds. The minimum absolute atomic E-state index is 0.0754. The van der Waals surface area contributed by atoms with Crippen LogP contribution in [0.4, 0.5) is 0 Å². The Morgan fingerprint density at radius 3 is 2.56 bits per heavy atom. The smallest absolute Gasteiger partial charge is 0.360 e. The molecular weight excluding hydrogens is 236 g/mol. The van der Waals surface area contributed by atoms with Crippen LogP contribution in [-0.4, -0.2) is 52.5 Å². The molecule has 0 N–H and O–H groups in total. The fraction of sp³-hybridized carbons (Fsp3) is 0.636. The van der Waals surface area contributed by atoms with E-state index in [-0.39, 0.29) is 18.1 Å². The van der Waals surface area contributed by atoms with Gasteiger partial charge in [0.2, 0.25) is 5.91 Å². The molecule has 0 atom stereocenters. The normalized spacial score (nSPS) is 10.2. The monoisotopic (exact) mass is 254 g/mol. The van der Waals surface area contributed by atoms with Gasteiger partial charge in [-0.2, -0.15) is 0 Å². The van der Waals surface area contributed by atoms with E-state index in [1.807, 2.05) is 13.8 Å². The SMILES string of the molecule is CCc1c(C(=O)OC)nnn1CC(=O)N(C)CC. The molecular formula is C11H18N4O3. The fourth-order valence-corrected chi connectivity index (χ4v) is 1.49. The number of hydrogen-bond acceptors (Lipinski definition) is 5. The summed E-state index contributed by atoms with van der Waals surface area (Å²) in [6.07, 6.45) is 0.556. The third-order valence-corrected chi connectivity index (χ3v) is 2.74. The van der Waals surface area contributed by atoms with Gasteiger partial charge in [0.05, 0.1) is 12.8 Å². The first-order valence-electron chi connectivity index (χ1n) is 5.79. The van der Waals surface area contributed by atoms with Crippen molar-refractivity contribution in [3.63, 3.8) is 0 Å². The average molecular weight is 254 g/mol. The molecule has 0 aromatic carbocycles. The van der Waals surface area contributed by atoms with E-state index in [1.165, 1.54) is 11.8 Å². The van der Waals surface area contributed by atoms with Crippen molar-refractivity contribution in [3.8, 4) is 0 Å². The van der Waals surface area contributed by atoms with Gasteiger partial charge in [0.25, 0.3) is 0 Å². The van der Waals surface area contributed by atoms with E-state index in [2.05, 4.69) is 15.0 Å². The highest BCUT2D eigenvalue weighted by atomic mass is 16.5. The maximum Gasteiger partial charge on any atom is 0.360 e. The maximum atomic E-state index is 11.8. The predicted molar refractivity (Wildman–Crippen MR) is 64.1 cm³/mol. The van der Waals surface area contributed by atoms with Crippen molar-refractivity contribution in [1.82, 2.24) is 19.9 Å². The standard InChI is InChI=1S/C11H18N4O3/c1-5-8-10(11(17)18-4)12-13-15(8)7-9(16)14(3)6-2/h5-7H2,1-4H3. The first kappa shape index (κ1) is 14.1.